The number of hydrogen-bond donors (Lipinski definition) is 0. The molecule has 1 unspecified atom stereocenters. The zero-order chi connectivity index (χ0) is 17.9. The van der Waals surface area contributed by atoms with E-state index in [9.17, 15) is 8.42 Å². The quantitative estimate of drug-likeness (QED) is 0.808. The summed E-state index contributed by atoms with van der Waals surface area (Å²) >= 11 is 0. The zero-order valence-corrected chi connectivity index (χ0v) is 15.1. The van der Waals surface area contributed by atoms with Crippen LogP contribution in [-0.2, 0) is 10.0 Å². The predicted molar refractivity (Wildman–Crippen MR) is 92.2 cm³/mol. The van der Waals surface area contributed by atoms with Gasteiger partial charge in [0, 0.05) is 18.9 Å². The first-order valence-electron chi connectivity index (χ1n) is 8.09. The molecule has 7 nitrogen and oxygen atoms in total. The second-order valence-electron chi connectivity index (χ2n) is 5.93. The van der Waals surface area contributed by atoms with Gasteiger partial charge < -0.3 is 9.47 Å². The SMILES string of the molecule is COc1nccnc1OC1CCCN(S(=O)(=O)c2ccc(C)cc2)C1. The van der Waals surface area contributed by atoms with Crippen LogP contribution in [0.3, 0.4) is 0 Å². The van der Waals surface area contributed by atoms with E-state index in [1.165, 1.54) is 23.8 Å². The molecule has 0 amide bonds. The summed E-state index contributed by atoms with van der Waals surface area (Å²) < 4.78 is 38.1. The first kappa shape index (κ1) is 17.6. The first-order valence-corrected chi connectivity index (χ1v) is 9.53. The second-order valence-corrected chi connectivity index (χ2v) is 7.87. The summed E-state index contributed by atoms with van der Waals surface area (Å²) in [7, 11) is -2.04. The maximum Gasteiger partial charge on any atom is 0.278 e. The molecule has 0 saturated carbocycles. The summed E-state index contributed by atoms with van der Waals surface area (Å²) in [6, 6.07) is 6.88. The molecule has 3 rings (SSSR count). The molecule has 1 saturated heterocycles. The van der Waals surface area contributed by atoms with Crippen LogP contribution in [-0.4, -0.2) is 49.0 Å². The molecule has 1 atom stereocenters. The number of methoxy groups -OCH3 is 1. The minimum absolute atomic E-state index is 0.274. The Labute approximate surface area is 147 Å². The van der Waals surface area contributed by atoms with Crippen LogP contribution >= 0.6 is 0 Å². The van der Waals surface area contributed by atoms with E-state index in [-0.39, 0.29) is 18.5 Å². The minimum Gasteiger partial charge on any atom is -0.477 e. The number of aryl methyl sites for hydroxylation is 1. The van der Waals surface area contributed by atoms with Gasteiger partial charge in [-0.15, -0.1) is 0 Å². The van der Waals surface area contributed by atoms with Crippen molar-refractivity contribution >= 4 is 10.0 Å². The number of nitrogens with zero attached hydrogens (tertiary/aromatic N) is 3. The molecular formula is C17H21N3O4S. The monoisotopic (exact) mass is 363 g/mol. The summed E-state index contributed by atoms with van der Waals surface area (Å²) in [4.78, 5) is 8.47. The van der Waals surface area contributed by atoms with Crippen LogP contribution in [0.1, 0.15) is 18.4 Å². The van der Waals surface area contributed by atoms with Gasteiger partial charge in [0.1, 0.15) is 6.10 Å². The third-order valence-corrected chi connectivity index (χ3v) is 5.98. The highest BCUT2D eigenvalue weighted by Gasteiger charge is 2.31. The van der Waals surface area contributed by atoms with Crippen LogP contribution in [0.2, 0.25) is 0 Å². The fourth-order valence-electron chi connectivity index (χ4n) is 2.77. The number of hydrogen-bond acceptors (Lipinski definition) is 6. The van der Waals surface area contributed by atoms with Crippen molar-refractivity contribution in [3.8, 4) is 11.8 Å². The Morgan fingerprint density at radius 1 is 1.12 bits per heavy atom. The van der Waals surface area contributed by atoms with Crippen molar-refractivity contribution in [2.24, 2.45) is 0 Å². The standard InChI is InChI=1S/C17H21N3O4S/c1-13-5-7-15(8-6-13)25(21,22)20-11-3-4-14(12-20)24-17-16(23-2)18-9-10-19-17/h5-10,14H,3-4,11-12H2,1-2H3. The van der Waals surface area contributed by atoms with Crippen molar-refractivity contribution in [3.63, 3.8) is 0 Å². The summed E-state index contributed by atoms with van der Waals surface area (Å²) in [5.41, 5.74) is 1.02. The van der Waals surface area contributed by atoms with E-state index in [0.29, 0.717) is 17.3 Å². The van der Waals surface area contributed by atoms with E-state index in [4.69, 9.17) is 9.47 Å². The minimum atomic E-state index is -3.53. The largest absolute Gasteiger partial charge is 0.477 e. The molecule has 0 aliphatic carbocycles. The molecule has 0 spiro atoms. The Bertz CT molecular complexity index is 824. The van der Waals surface area contributed by atoms with Crippen molar-refractivity contribution < 1.29 is 17.9 Å². The molecule has 0 bridgehead atoms. The van der Waals surface area contributed by atoms with E-state index in [0.717, 1.165) is 18.4 Å². The van der Waals surface area contributed by atoms with Crippen molar-refractivity contribution in [1.82, 2.24) is 14.3 Å². The molecule has 0 radical (unpaired) electrons. The van der Waals surface area contributed by atoms with E-state index in [1.54, 1.807) is 24.3 Å². The number of ether oxygens (including phenoxy) is 2. The second kappa shape index (κ2) is 7.37. The Morgan fingerprint density at radius 3 is 2.48 bits per heavy atom. The number of benzene rings is 1. The van der Waals surface area contributed by atoms with Crippen LogP contribution < -0.4 is 9.47 Å². The topological polar surface area (TPSA) is 81.6 Å². The lowest BCUT2D eigenvalue weighted by Gasteiger charge is -2.31. The Kier molecular flexibility index (Phi) is 5.19. The molecule has 1 aromatic carbocycles. The van der Waals surface area contributed by atoms with Gasteiger partial charge in [-0.3, -0.25) is 0 Å². The highest BCUT2D eigenvalue weighted by molar-refractivity contribution is 7.89. The number of piperidine rings is 1. The van der Waals surface area contributed by atoms with Gasteiger partial charge in [0.15, 0.2) is 0 Å². The molecule has 1 aliphatic heterocycles. The molecular weight excluding hydrogens is 342 g/mol. The van der Waals surface area contributed by atoms with Crippen LogP contribution in [0.25, 0.3) is 0 Å². The molecule has 2 aromatic rings. The molecule has 1 fully saturated rings. The molecule has 1 aromatic heterocycles. The summed E-state index contributed by atoms with van der Waals surface area (Å²) in [6.07, 6.45) is 4.21. The van der Waals surface area contributed by atoms with Gasteiger partial charge in [0.2, 0.25) is 10.0 Å². The summed E-state index contributed by atoms with van der Waals surface area (Å²) in [6.45, 7) is 2.68. The predicted octanol–water partition coefficient (Wildman–Crippen LogP) is 2.03. The smallest absolute Gasteiger partial charge is 0.278 e. The normalized spacial score (nSPS) is 18.7. The van der Waals surface area contributed by atoms with Gasteiger partial charge in [-0.2, -0.15) is 4.31 Å². The van der Waals surface area contributed by atoms with Crippen LogP contribution in [0.5, 0.6) is 11.8 Å². The molecule has 134 valence electrons. The lowest BCUT2D eigenvalue weighted by Crippen LogP contribution is -2.44. The van der Waals surface area contributed by atoms with Gasteiger partial charge in [0.25, 0.3) is 11.8 Å². The number of sulfonamides is 1. The zero-order valence-electron chi connectivity index (χ0n) is 14.3. The molecule has 25 heavy (non-hydrogen) atoms. The van der Waals surface area contributed by atoms with Crippen molar-refractivity contribution in [1.29, 1.82) is 0 Å². The van der Waals surface area contributed by atoms with Gasteiger partial charge in [-0.1, -0.05) is 17.7 Å². The highest BCUT2D eigenvalue weighted by atomic mass is 32.2. The summed E-state index contributed by atoms with van der Waals surface area (Å²) in [5, 5.41) is 0. The third-order valence-electron chi connectivity index (χ3n) is 4.10. The van der Waals surface area contributed by atoms with Crippen LogP contribution in [0.4, 0.5) is 0 Å². The van der Waals surface area contributed by atoms with Crippen LogP contribution in [0, 0.1) is 6.92 Å². The fourth-order valence-corrected chi connectivity index (χ4v) is 4.28. The molecule has 2 heterocycles. The summed E-state index contributed by atoms with van der Waals surface area (Å²) in [5.74, 6) is 0.575. The Balaban J connectivity index is 1.75. The maximum atomic E-state index is 12.8. The fraction of sp³-hybridized carbons (Fsp3) is 0.412. The van der Waals surface area contributed by atoms with E-state index in [2.05, 4.69) is 9.97 Å². The van der Waals surface area contributed by atoms with Gasteiger partial charge in [-0.25, -0.2) is 18.4 Å². The molecule has 0 N–H and O–H groups in total. The maximum absolute atomic E-state index is 12.8. The Hall–Kier alpha value is -2.19. The molecule has 1 aliphatic rings. The number of aromatic nitrogens is 2. The highest BCUT2D eigenvalue weighted by Crippen LogP contribution is 2.26. The van der Waals surface area contributed by atoms with E-state index < -0.39 is 10.0 Å². The molecule has 8 heteroatoms. The average Bonchev–Trinajstić information content (AvgIpc) is 2.63. The van der Waals surface area contributed by atoms with Gasteiger partial charge in [0.05, 0.1) is 18.6 Å². The van der Waals surface area contributed by atoms with Crippen molar-refractivity contribution in [2.75, 3.05) is 20.2 Å². The van der Waals surface area contributed by atoms with E-state index in [1.807, 2.05) is 6.92 Å². The first-order chi connectivity index (χ1) is 12.0. The van der Waals surface area contributed by atoms with Crippen LogP contribution in [0.15, 0.2) is 41.6 Å². The van der Waals surface area contributed by atoms with E-state index >= 15 is 0 Å². The third kappa shape index (κ3) is 3.91. The average molecular weight is 363 g/mol. The van der Waals surface area contributed by atoms with Crippen molar-refractivity contribution in [3.05, 3.63) is 42.2 Å². The lowest BCUT2D eigenvalue weighted by molar-refractivity contribution is 0.119. The van der Waals surface area contributed by atoms with Crippen molar-refractivity contribution in [2.45, 2.75) is 30.8 Å². The number of rotatable bonds is 5. The van der Waals surface area contributed by atoms with Gasteiger partial charge in [-0.05, 0) is 31.9 Å². The lowest BCUT2D eigenvalue weighted by atomic mass is 10.1. The Morgan fingerprint density at radius 2 is 1.80 bits per heavy atom. The van der Waals surface area contributed by atoms with Gasteiger partial charge >= 0.3 is 0 Å².